The van der Waals surface area contributed by atoms with Gasteiger partial charge in [-0.1, -0.05) is 12.8 Å². The van der Waals surface area contributed by atoms with E-state index in [-0.39, 0.29) is 29.0 Å². The zero-order valence-corrected chi connectivity index (χ0v) is 20.6. The first-order valence-corrected chi connectivity index (χ1v) is 13.3. The summed E-state index contributed by atoms with van der Waals surface area (Å²) in [6.45, 7) is 3.36. The minimum atomic E-state index is -0.362. The van der Waals surface area contributed by atoms with Gasteiger partial charge in [0.15, 0.2) is 0 Å². The number of hydrogen-bond acceptors (Lipinski definition) is 5. The molecule has 0 atom stereocenters. The molecule has 1 aromatic carbocycles. The highest BCUT2D eigenvalue weighted by Gasteiger charge is 2.41. The average Bonchev–Trinajstić information content (AvgIpc) is 3.83. The highest BCUT2D eigenvalue weighted by Crippen LogP contribution is 2.46. The molecule has 2 saturated carbocycles. The fraction of sp³-hybridized carbons (Fsp3) is 0.571. The molecular formula is C28H32FN5O2. The van der Waals surface area contributed by atoms with Crippen molar-refractivity contribution in [3.8, 4) is 6.07 Å². The number of benzene rings is 1. The second-order valence-corrected chi connectivity index (χ2v) is 11.1. The number of nitriles is 1. The van der Waals surface area contributed by atoms with Crippen molar-refractivity contribution in [1.82, 2.24) is 14.8 Å². The summed E-state index contributed by atoms with van der Waals surface area (Å²) < 4.78 is 14.4. The first-order chi connectivity index (χ1) is 17.5. The molecule has 0 N–H and O–H groups in total. The average molecular weight is 490 g/mol. The largest absolute Gasteiger partial charge is 0.370 e. The molecule has 7 nitrogen and oxygen atoms in total. The van der Waals surface area contributed by atoms with Crippen molar-refractivity contribution >= 4 is 28.4 Å². The van der Waals surface area contributed by atoms with Crippen molar-refractivity contribution in [2.24, 2.45) is 17.3 Å². The lowest BCUT2D eigenvalue weighted by atomic mass is 9.75. The number of hydrogen-bond donors (Lipinski definition) is 0. The monoisotopic (exact) mass is 489 g/mol. The van der Waals surface area contributed by atoms with Crippen LogP contribution in [0.25, 0.3) is 10.9 Å². The topological polar surface area (TPSA) is 80.5 Å². The molecule has 2 aliphatic carbocycles. The van der Waals surface area contributed by atoms with Gasteiger partial charge in [-0.05, 0) is 56.2 Å². The molecule has 36 heavy (non-hydrogen) atoms. The van der Waals surface area contributed by atoms with Gasteiger partial charge in [0.05, 0.1) is 28.3 Å². The number of carbonyl (C=O) groups is 2. The summed E-state index contributed by atoms with van der Waals surface area (Å²) in [6.07, 6.45) is 8.46. The first kappa shape index (κ1) is 23.2. The molecule has 3 heterocycles. The molecule has 1 aromatic heterocycles. The van der Waals surface area contributed by atoms with Crippen molar-refractivity contribution < 1.29 is 14.0 Å². The Hall–Kier alpha value is -3.21. The Balaban J connectivity index is 1.27. The van der Waals surface area contributed by atoms with Crippen LogP contribution in [0.3, 0.4) is 0 Å². The minimum absolute atomic E-state index is 0.128. The third-order valence-corrected chi connectivity index (χ3v) is 8.49. The third kappa shape index (κ3) is 4.40. The lowest BCUT2D eigenvalue weighted by Crippen LogP contribution is -2.51. The number of amides is 2. The van der Waals surface area contributed by atoms with Crippen LogP contribution in [-0.4, -0.2) is 65.9 Å². The van der Waals surface area contributed by atoms with Crippen molar-refractivity contribution in [3.05, 3.63) is 35.8 Å². The standard InChI is InChI=1S/C28H32FN5O2/c29-21-5-6-24-22(15-21)25(32-9-7-28(18-30,8-10-32)16-19-1-2-19)23(17-31-24)27(36)34-13-11-33(12-14-34)26(35)20-3-4-20/h5-6,15,17,19-20H,1-4,7-14,16H2. The Morgan fingerprint density at radius 1 is 1.03 bits per heavy atom. The van der Waals surface area contributed by atoms with Gasteiger partial charge in [0.1, 0.15) is 5.82 Å². The van der Waals surface area contributed by atoms with Crippen LogP contribution in [0.4, 0.5) is 10.1 Å². The molecule has 0 bridgehead atoms. The van der Waals surface area contributed by atoms with Gasteiger partial charge in [-0.15, -0.1) is 0 Å². The van der Waals surface area contributed by atoms with Crippen molar-refractivity contribution in [1.29, 1.82) is 5.26 Å². The van der Waals surface area contributed by atoms with Gasteiger partial charge < -0.3 is 14.7 Å². The number of halogens is 1. The number of anilines is 1. The molecule has 188 valence electrons. The molecule has 2 aromatic rings. The van der Waals surface area contributed by atoms with E-state index in [0.717, 1.165) is 37.8 Å². The fourth-order valence-electron chi connectivity index (χ4n) is 5.93. The van der Waals surface area contributed by atoms with Crippen LogP contribution < -0.4 is 4.90 Å². The zero-order valence-electron chi connectivity index (χ0n) is 20.6. The van der Waals surface area contributed by atoms with Gasteiger partial charge in [0.25, 0.3) is 5.91 Å². The molecule has 6 rings (SSSR count). The second-order valence-electron chi connectivity index (χ2n) is 11.1. The summed E-state index contributed by atoms with van der Waals surface area (Å²) in [5, 5.41) is 10.6. The van der Waals surface area contributed by atoms with E-state index < -0.39 is 0 Å². The van der Waals surface area contributed by atoms with E-state index in [1.165, 1.54) is 25.0 Å². The number of pyridine rings is 1. The number of piperidine rings is 1. The molecule has 4 fully saturated rings. The van der Waals surface area contributed by atoms with Crippen molar-refractivity contribution in [2.75, 3.05) is 44.2 Å². The predicted octanol–water partition coefficient (Wildman–Crippen LogP) is 3.98. The SMILES string of the molecule is N#CC1(CC2CC2)CCN(c2c(C(=O)N3CCN(C(=O)C4CC4)CC3)cnc3ccc(F)cc23)CC1. The molecule has 2 saturated heterocycles. The highest BCUT2D eigenvalue weighted by atomic mass is 19.1. The van der Waals surface area contributed by atoms with E-state index >= 15 is 0 Å². The molecule has 4 aliphatic rings. The number of rotatable bonds is 5. The van der Waals surface area contributed by atoms with Gasteiger partial charge >= 0.3 is 0 Å². The lowest BCUT2D eigenvalue weighted by molar-refractivity contribution is -0.134. The van der Waals surface area contributed by atoms with Gasteiger partial charge in [-0.3, -0.25) is 14.6 Å². The van der Waals surface area contributed by atoms with Crippen LogP contribution in [0.15, 0.2) is 24.4 Å². The first-order valence-electron chi connectivity index (χ1n) is 13.3. The van der Waals surface area contributed by atoms with Crippen LogP contribution in [0.1, 0.15) is 55.3 Å². The normalized spacial score (nSPS) is 21.9. The van der Waals surface area contributed by atoms with E-state index in [9.17, 15) is 19.2 Å². The third-order valence-electron chi connectivity index (χ3n) is 8.49. The van der Waals surface area contributed by atoms with Crippen molar-refractivity contribution in [2.45, 2.75) is 44.9 Å². The van der Waals surface area contributed by atoms with Gasteiger partial charge in [0, 0.05) is 56.8 Å². The quantitative estimate of drug-likeness (QED) is 0.635. The molecule has 2 aliphatic heterocycles. The number of fused-ring (bicyclic) bond motifs is 1. The number of carbonyl (C=O) groups excluding carboxylic acids is 2. The summed E-state index contributed by atoms with van der Waals surface area (Å²) in [7, 11) is 0. The number of nitrogens with zero attached hydrogens (tertiary/aromatic N) is 5. The predicted molar refractivity (Wildman–Crippen MR) is 134 cm³/mol. The Bertz CT molecular complexity index is 1230. The Labute approximate surface area is 210 Å². The maximum atomic E-state index is 14.4. The molecule has 8 heteroatoms. The van der Waals surface area contributed by atoms with E-state index in [1.807, 2.05) is 4.90 Å². The Morgan fingerprint density at radius 2 is 1.72 bits per heavy atom. The second kappa shape index (κ2) is 9.02. The smallest absolute Gasteiger partial charge is 0.257 e. The minimum Gasteiger partial charge on any atom is -0.370 e. The summed E-state index contributed by atoms with van der Waals surface area (Å²) in [6, 6.07) is 7.13. The molecule has 0 unspecified atom stereocenters. The number of aromatic nitrogens is 1. The Kier molecular flexibility index (Phi) is 5.82. The van der Waals surface area contributed by atoms with Crippen LogP contribution >= 0.6 is 0 Å². The number of piperazine rings is 1. The molecular weight excluding hydrogens is 457 g/mol. The van der Waals surface area contributed by atoms with Crippen LogP contribution in [0.2, 0.25) is 0 Å². The molecule has 0 spiro atoms. The van der Waals surface area contributed by atoms with Crippen LogP contribution in [0, 0.1) is 34.4 Å². The fourth-order valence-corrected chi connectivity index (χ4v) is 5.93. The summed E-state index contributed by atoms with van der Waals surface area (Å²) in [5.41, 5.74) is 1.54. The maximum Gasteiger partial charge on any atom is 0.257 e. The molecule has 2 amide bonds. The summed E-state index contributed by atoms with van der Waals surface area (Å²) in [4.78, 5) is 36.5. The Morgan fingerprint density at radius 3 is 2.36 bits per heavy atom. The van der Waals surface area contributed by atoms with E-state index in [2.05, 4.69) is 16.0 Å². The zero-order chi connectivity index (χ0) is 24.9. The van der Waals surface area contributed by atoms with Crippen LogP contribution in [-0.2, 0) is 4.79 Å². The van der Waals surface area contributed by atoms with E-state index in [0.29, 0.717) is 61.7 Å². The van der Waals surface area contributed by atoms with E-state index in [4.69, 9.17) is 0 Å². The van der Waals surface area contributed by atoms with Gasteiger partial charge in [0.2, 0.25) is 5.91 Å². The maximum absolute atomic E-state index is 14.4. The lowest BCUT2D eigenvalue weighted by Gasteiger charge is -2.40. The van der Waals surface area contributed by atoms with E-state index in [1.54, 1.807) is 17.2 Å². The summed E-state index contributed by atoms with van der Waals surface area (Å²) in [5.74, 6) is 0.579. The van der Waals surface area contributed by atoms with Crippen LogP contribution in [0.5, 0.6) is 0 Å². The van der Waals surface area contributed by atoms with Gasteiger partial charge in [-0.2, -0.15) is 5.26 Å². The van der Waals surface area contributed by atoms with Gasteiger partial charge in [-0.25, -0.2) is 4.39 Å². The highest BCUT2D eigenvalue weighted by molar-refractivity contribution is 6.07. The molecule has 0 radical (unpaired) electrons. The van der Waals surface area contributed by atoms with Crippen molar-refractivity contribution in [3.63, 3.8) is 0 Å². The summed E-state index contributed by atoms with van der Waals surface area (Å²) >= 11 is 0.